The number of carbonyl (C=O) groups excluding carboxylic acids is 1. The maximum atomic E-state index is 12.9. The van der Waals surface area contributed by atoms with Gasteiger partial charge in [-0.25, -0.2) is 10.5 Å². The van der Waals surface area contributed by atoms with Gasteiger partial charge in [0.05, 0.1) is 11.9 Å². The first-order valence-corrected chi connectivity index (χ1v) is 9.72. The molecule has 0 bridgehead atoms. The fourth-order valence-electron chi connectivity index (χ4n) is 2.93. The summed E-state index contributed by atoms with van der Waals surface area (Å²) in [5.41, 5.74) is 4.34. The van der Waals surface area contributed by atoms with Crippen LogP contribution in [0.5, 0.6) is 0 Å². The minimum Gasteiger partial charge on any atom is -0.267 e. The van der Waals surface area contributed by atoms with Crippen molar-refractivity contribution >= 4 is 23.5 Å². The molecule has 1 amide bonds. The average molecular weight is 400 g/mol. The number of hydrogen-bond acceptors (Lipinski definition) is 5. The second-order valence-corrected chi connectivity index (χ2v) is 7.08. The summed E-state index contributed by atoms with van der Waals surface area (Å²) < 4.78 is 0. The number of benzene rings is 2. The first-order valence-electron chi connectivity index (χ1n) is 8.84. The average Bonchev–Trinajstić information content (AvgIpc) is 3.28. The molecule has 0 atom stereocenters. The minimum atomic E-state index is -0.600. The molecule has 4 aromatic rings. The second-order valence-electron chi connectivity index (χ2n) is 6.10. The summed E-state index contributed by atoms with van der Waals surface area (Å²) in [5, 5.41) is 12.6. The van der Waals surface area contributed by atoms with Gasteiger partial charge in [0.25, 0.3) is 11.5 Å². The standard InChI is InChI=1S/C22H16N4O2S/c27-21(25-23-14-17-12-7-13-29-17)19-18(15-8-3-1-4-9-15)20(24-26-22(19)28)16-10-5-2-6-11-16/h1-14H,(H,25,27)(H,26,28)/b23-14-. The summed E-state index contributed by atoms with van der Waals surface area (Å²) in [7, 11) is 0. The lowest BCUT2D eigenvalue weighted by molar-refractivity contribution is 0.0954. The third-order valence-corrected chi connectivity index (χ3v) is 5.03. The van der Waals surface area contributed by atoms with Crippen molar-refractivity contribution in [3.05, 3.63) is 99.0 Å². The smallest absolute Gasteiger partial charge is 0.267 e. The molecule has 2 N–H and O–H groups in total. The number of nitrogens with zero attached hydrogens (tertiary/aromatic N) is 2. The molecular weight excluding hydrogens is 384 g/mol. The van der Waals surface area contributed by atoms with Crippen LogP contribution in [0.15, 0.2) is 88.1 Å². The van der Waals surface area contributed by atoms with Gasteiger partial charge in [-0.15, -0.1) is 11.3 Å². The van der Waals surface area contributed by atoms with Crippen LogP contribution < -0.4 is 11.0 Å². The number of rotatable bonds is 5. The Morgan fingerprint density at radius 3 is 2.31 bits per heavy atom. The fraction of sp³-hybridized carbons (Fsp3) is 0. The quantitative estimate of drug-likeness (QED) is 0.393. The number of amides is 1. The largest absolute Gasteiger partial charge is 0.277 e. The highest BCUT2D eigenvalue weighted by Crippen LogP contribution is 2.31. The van der Waals surface area contributed by atoms with Gasteiger partial charge < -0.3 is 0 Å². The summed E-state index contributed by atoms with van der Waals surface area (Å²) in [6, 6.07) is 22.4. The molecule has 142 valence electrons. The van der Waals surface area contributed by atoms with Crippen LogP contribution in [0.25, 0.3) is 22.4 Å². The Balaban J connectivity index is 1.82. The third-order valence-electron chi connectivity index (χ3n) is 4.22. The molecule has 0 radical (unpaired) electrons. The summed E-state index contributed by atoms with van der Waals surface area (Å²) in [5.74, 6) is -0.600. The molecule has 0 aliphatic rings. The molecule has 0 spiro atoms. The molecule has 0 aliphatic carbocycles. The van der Waals surface area contributed by atoms with Crippen LogP contribution >= 0.6 is 11.3 Å². The predicted molar refractivity (Wildman–Crippen MR) is 115 cm³/mol. The lowest BCUT2D eigenvalue weighted by atomic mass is 9.95. The number of hydrogen-bond donors (Lipinski definition) is 2. The molecule has 29 heavy (non-hydrogen) atoms. The van der Waals surface area contributed by atoms with Gasteiger partial charge in [-0.05, 0) is 17.0 Å². The second kappa shape index (κ2) is 8.45. The van der Waals surface area contributed by atoms with Gasteiger partial charge in [0, 0.05) is 16.0 Å². The van der Waals surface area contributed by atoms with Gasteiger partial charge in [0.2, 0.25) is 0 Å². The van der Waals surface area contributed by atoms with Crippen molar-refractivity contribution in [1.82, 2.24) is 15.6 Å². The van der Waals surface area contributed by atoms with Crippen LogP contribution in [-0.4, -0.2) is 22.3 Å². The monoisotopic (exact) mass is 400 g/mol. The van der Waals surface area contributed by atoms with E-state index in [4.69, 9.17) is 0 Å². The maximum Gasteiger partial charge on any atom is 0.277 e. The zero-order valence-electron chi connectivity index (χ0n) is 15.2. The molecule has 2 aromatic carbocycles. The summed E-state index contributed by atoms with van der Waals surface area (Å²) in [4.78, 5) is 26.4. The summed E-state index contributed by atoms with van der Waals surface area (Å²) in [6.45, 7) is 0. The molecule has 6 nitrogen and oxygen atoms in total. The van der Waals surface area contributed by atoms with Crippen molar-refractivity contribution in [2.24, 2.45) is 5.10 Å². The van der Waals surface area contributed by atoms with Crippen molar-refractivity contribution in [3.63, 3.8) is 0 Å². The zero-order valence-corrected chi connectivity index (χ0v) is 16.0. The van der Waals surface area contributed by atoms with E-state index in [1.54, 1.807) is 0 Å². The molecule has 0 saturated heterocycles. The molecule has 0 unspecified atom stereocenters. The van der Waals surface area contributed by atoms with Gasteiger partial charge in [0.15, 0.2) is 0 Å². The number of carbonyl (C=O) groups is 1. The van der Waals surface area contributed by atoms with Gasteiger partial charge >= 0.3 is 0 Å². The normalized spacial score (nSPS) is 10.9. The van der Waals surface area contributed by atoms with Crippen LogP contribution in [0.3, 0.4) is 0 Å². The Morgan fingerprint density at radius 2 is 1.66 bits per heavy atom. The van der Waals surface area contributed by atoms with Crippen molar-refractivity contribution in [2.75, 3.05) is 0 Å². The SMILES string of the molecule is O=C(N/N=C\c1cccs1)c1c(-c2ccccc2)c(-c2ccccc2)n[nH]c1=O. The molecule has 2 aromatic heterocycles. The van der Waals surface area contributed by atoms with Crippen molar-refractivity contribution in [3.8, 4) is 22.4 Å². The highest BCUT2D eigenvalue weighted by molar-refractivity contribution is 7.11. The highest BCUT2D eigenvalue weighted by Gasteiger charge is 2.22. The first-order chi connectivity index (χ1) is 14.2. The maximum absolute atomic E-state index is 12.9. The Labute approximate surface area is 170 Å². The van der Waals surface area contributed by atoms with E-state index >= 15 is 0 Å². The topological polar surface area (TPSA) is 87.2 Å². The Morgan fingerprint density at radius 1 is 0.966 bits per heavy atom. The van der Waals surface area contributed by atoms with E-state index in [2.05, 4.69) is 20.7 Å². The molecule has 0 saturated carbocycles. The minimum absolute atomic E-state index is 0.0339. The van der Waals surface area contributed by atoms with Crippen LogP contribution in [-0.2, 0) is 0 Å². The number of aromatic amines is 1. The van der Waals surface area contributed by atoms with E-state index in [0.717, 1.165) is 16.0 Å². The predicted octanol–water partition coefficient (Wildman–Crippen LogP) is 3.93. The molecule has 7 heteroatoms. The van der Waals surface area contributed by atoms with E-state index in [0.29, 0.717) is 11.3 Å². The van der Waals surface area contributed by atoms with E-state index < -0.39 is 11.5 Å². The van der Waals surface area contributed by atoms with E-state index in [1.807, 2.05) is 78.2 Å². The molecule has 2 heterocycles. The Kier molecular flexibility index (Phi) is 5.40. The van der Waals surface area contributed by atoms with E-state index in [1.165, 1.54) is 17.6 Å². The number of thiophene rings is 1. The van der Waals surface area contributed by atoms with Gasteiger partial charge in [-0.1, -0.05) is 66.7 Å². The molecular formula is C22H16N4O2S. The summed E-state index contributed by atoms with van der Waals surface area (Å²) in [6.07, 6.45) is 1.54. The fourth-order valence-corrected chi connectivity index (χ4v) is 3.52. The van der Waals surface area contributed by atoms with Crippen molar-refractivity contribution in [1.29, 1.82) is 0 Å². The van der Waals surface area contributed by atoms with Crippen molar-refractivity contribution in [2.45, 2.75) is 0 Å². The molecule has 0 fully saturated rings. The highest BCUT2D eigenvalue weighted by atomic mass is 32.1. The summed E-state index contributed by atoms with van der Waals surface area (Å²) >= 11 is 1.49. The number of aromatic nitrogens is 2. The van der Waals surface area contributed by atoms with Gasteiger partial charge in [0.1, 0.15) is 5.56 Å². The molecule has 0 aliphatic heterocycles. The first kappa shape index (κ1) is 18.5. The lowest BCUT2D eigenvalue weighted by Gasteiger charge is -2.12. The van der Waals surface area contributed by atoms with Gasteiger partial charge in [-0.2, -0.15) is 10.2 Å². The van der Waals surface area contributed by atoms with E-state index in [9.17, 15) is 9.59 Å². The number of H-pyrrole nitrogens is 1. The van der Waals surface area contributed by atoms with Crippen LogP contribution in [0.2, 0.25) is 0 Å². The number of nitrogens with one attached hydrogen (secondary N) is 2. The van der Waals surface area contributed by atoms with Gasteiger partial charge in [-0.3, -0.25) is 9.59 Å². The Hall–Kier alpha value is -3.84. The third kappa shape index (κ3) is 4.04. The van der Waals surface area contributed by atoms with Crippen LogP contribution in [0.1, 0.15) is 15.2 Å². The number of hydrazone groups is 1. The zero-order chi connectivity index (χ0) is 20.1. The van der Waals surface area contributed by atoms with Crippen molar-refractivity contribution < 1.29 is 4.79 Å². The Bertz CT molecular complexity index is 1200. The van der Waals surface area contributed by atoms with E-state index in [-0.39, 0.29) is 5.56 Å². The van der Waals surface area contributed by atoms with Crippen LogP contribution in [0, 0.1) is 0 Å². The van der Waals surface area contributed by atoms with Crippen LogP contribution in [0.4, 0.5) is 0 Å². The lowest BCUT2D eigenvalue weighted by Crippen LogP contribution is -2.28. The molecule has 4 rings (SSSR count).